The second-order valence-corrected chi connectivity index (χ2v) is 3.74. The number of benzene rings is 1. The Balaban J connectivity index is 2.29. The predicted molar refractivity (Wildman–Crippen MR) is 54.6 cm³/mol. The molecule has 2 rings (SSSR count). The van der Waals surface area contributed by atoms with Crippen LogP contribution in [0.2, 0.25) is 0 Å². The summed E-state index contributed by atoms with van der Waals surface area (Å²) in [5.74, 6) is -1.17. The van der Waals surface area contributed by atoms with Crippen LogP contribution >= 0.6 is 0 Å². The summed E-state index contributed by atoms with van der Waals surface area (Å²) in [6, 6.07) is 3.05. The lowest BCUT2D eigenvalue weighted by molar-refractivity contribution is 0.167. The zero-order valence-corrected chi connectivity index (χ0v) is 8.62. The smallest absolute Gasteiger partial charge is 0.129 e. The Morgan fingerprint density at radius 2 is 2.12 bits per heavy atom. The largest absolute Gasteiger partial charge is 0.501 e. The van der Waals surface area contributed by atoms with E-state index in [0.717, 1.165) is 24.6 Å². The molecule has 0 amide bonds. The van der Waals surface area contributed by atoms with E-state index < -0.39 is 17.7 Å². The van der Waals surface area contributed by atoms with Crippen LogP contribution in [0.5, 0.6) is 0 Å². The van der Waals surface area contributed by atoms with Crippen LogP contribution in [0, 0.1) is 11.6 Å². The highest BCUT2D eigenvalue weighted by Gasteiger charge is 2.20. The summed E-state index contributed by atoms with van der Waals surface area (Å²) < 4.78 is 31.4. The van der Waals surface area contributed by atoms with Crippen LogP contribution < -0.4 is 0 Å². The third kappa shape index (κ3) is 2.22. The summed E-state index contributed by atoms with van der Waals surface area (Å²) in [7, 11) is 0. The van der Waals surface area contributed by atoms with Gasteiger partial charge in [0.25, 0.3) is 0 Å². The Morgan fingerprint density at radius 3 is 2.81 bits per heavy atom. The van der Waals surface area contributed by atoms with E-state index in [2.05, 4.69) is 0 Å². The standard InChI is InChI=1S/C12H12F2O2/c13-9-3-4-11(14)10(6-9)12(15)8-2-1-5-16-7-8/h3-4,6-7,12,15H,1-2,5H2. The Labute approximate surface area is 92.2 Å². The average Bonchev–Trinajstić information content (AvgIpc) is 2.32. The van der Waals surface area contributed by atoms with Gasteiger partial charge in [-0.1, -0.05) is 0 Å². The number of aliphatic hydroxyl groups is 1. The van der Waals surface area contributed by atoms with Crippen LogP contribution in [0.1, 0.15) is 24.5 Å². The summed E-state index contributed by atoms with van der Waals surface area (Å²) in [4.78, 5) is 0. The minimum atomic E-state index is -1.13. The van der Waals surface area contributed by atoms with Crippen molar-refractivity contribution in [2.45, 2.75) is 18.9 Å². The van der Waals surface area contributed by atoms with Crippen LogP contribution in [0.3, 0.4) is 0 Å². The van der Waals surface area contributed by atoms with Crippen molar-refractivity contribution in [1.29, 1.82) is 0 Å². The molecule has 1 atom stereocenters. The van der Waals surface area contributed by atoms with Crippen molar-refractivity contribution in [3.8, 4) is 0 Å². The molecule has 1 aliphatic heterocycles. The minimum absolute atomic E-state index is 0.0447. The highest BCUT2D eigenvalue weighted by atomic mass is 19.1. The van der Waals surface area contributed by atoms with Gasteiger partial charge in [0.15, 0.2) is 0 Å². The molecule has 16 heavy (non-hydrogen) atoms. The van der Waals surface area contributed by atoms with Gasteiger partial charge < -0.3 is 9.84 Å². The first kappa shape index (κ1) is 11.1. The number of aliphatic hydroxyl groups excluding tert-OH is 1. The van der Waals surface area contributed by atoms with E-state index in [0.29, 0.717) is 18.6 Å². The van der Waals surface area contributed by atoms with Gasteiger partial charge in [0.1, 0.15) is 17.7 Å². The van der Waals surface area contributed by atoms with E-state index in [9.17, 15) is 13.9 Å². The Morgan fingerprint density at radius 1 is 1.31 bits per heavy atom. The lowest BCUT2D eigenvalue weighted by atomic mass is 9.97. The molecule has 0 aromatic heterocycles. The minimum Gasteiger partial charge on any atom is -0.501 e. The fourth-order valence-corrected chi connectivity index (χ4v) is 1.71. The maximum absolute atomic E-state index is 13.4. The predicted octanol–water partition coefficient (Wildman–Crippen LogP) is 2.69. The van der Waals surface area contributed by atoms with E-state index in [4.69, 9.17) is 4.74 Å². The van der Waals surface area contributed by atoms with E-state index in [1.807, 2.05) is 0 Å². The van der Waals surface area contributed by atoms with Gasteiger partial charge in [0.2, 0.25) is 0 Å². The van der Waals surface area contributed by atoms with Gasteiger partial charge in [-0.2, -0.15) is 0 Å². The molecule has 0 saturated heterocycles. The Kier molecular flexibility index (Phi) is 3.19. The maximum atomic E-state index is 13.4. The fraction of sp³-hybridized carbons (Fsp3) is 0.333. The van der Waals surface area contributed by atoms with Crippen molar-refractivity contribution >= 4 is 0 Å². The molecule has 2 nitrogen and oxygen atoms in total. The number of rotatable bonds is 2. The van der Waals surface area contributed by atoms with Crippen molar-refractivity contribution in [3.63, 3.8) is 0 Å². The third-order valence-corrected chi connectivity index (χ3v) is 2.57. The first-order chi connectivity index (χ1) is 7.68. The van der Waals surface area contributed by atoms with Gasteiger partial charge in [-0.15, -0.1) is 0 Å². The summed E-state index contributed by atoms with van der Waals surface area (Å²) >= 11 is 0. The molecule has 0 fully saturated rings. The molecule has 1 aromatic rings. The molecule has 0 radical (unpaired) electrons. The summed E-state index contributed by atoms with van der Waals surface area (Å²) in [5.41, 5.74) is 0.535. The Bertz CT molecular complexity index is 415. The molecule has 1 unspecified atom stereocenters. The van der Waals surface area contributed by atoms with Crippen LogP contribution in [0.25, 0.3) is 0 Å². The number of halogens is 2. The van der Waals surface area contributed by atoms with Gasteiger partial charge in [0.05, 0.1) is 12.9 Å². The SMILES string of the molecule is OC(C1=COCCC1)c1cc(F)ccc1F. The van der Waals surface area contributed by atoms with E-state index in [-0.39, 0.29) is 5.56 Å². The lowest BCUT2D eigenvalue weighted by Crippen LogP contribution is -2.09. The number of ether oxygens (including phenoxy) is 1. The molecule has 1 aromatic carbocycles. The first-order valence-electron chi connectivity index (χ1n) is 5.12. The van der Waals surface area contributed by atoms with Gasteiger partial charge >= 0.3 is 0 Å². The number of hydrogen-bond acceptors (Lipinski definition) is 2. The number of hydrogen-bond donors (Lipinski definition) is 1. The van der Waals surface area contributed by atoms with Gasteiger partial charge in [-0.3, -0.25) is 0 Å². The zero-order chi connectivity index (χ0) is 11.5. The first-order valence-corrected chi connectivity index (χ1v) is 5.12. The molecule has 1 N–H and O–H groups in total. The molecule has 0 aliphatic carbocycles. The molecule has 0 bridgehead atoms. The molecular weight excluding hydrogens is 214 g/mol. The van der Waals surface area contributed by atoms with E-state index >= 15 is 0 Å². The van der Waals surface area contributed by atoms with E-state index in [1.54, 1.807) is 0 Å². The van der Waals surface area contributed by atoms with Crippen LogP contribution in [-0.2, 0) is 4.74 Å². The van der Waals surface area contributed by atoms with Gasteiger partial charge in [0, 0.05) is 5.56 Å². The fourth-order valence-electron chi connectivity index (χ4n) is 1.71. The van der Waals surface area contributed by atoms with Crippen molar-refractivity contribution in [1.82, 2.24) is 0 Å². The molecular formula is C12H12F2O2. The van der Waals surface area contributed by atoms with Crippen LogP contribution in [-0.4, -0.2) is 11.7 Å². The molecule has 0 spiro atoms. The maximum Gasteiger partial charge on any atom is 0.129 e. The second-order valence-electron chi connectivity index (χ2n) is 3.74. The monoisotopic (exact) mass is 226 g/mol. The molecule has 4 heteroatoms. The highest BCUT2D eigenvalue weighted by Crippen LogP contribution is 2.29. The zero-order valence-electron chi connectivity index (χ0n) is 8.62. The van der Waals surface area contributed by atoms with Gasteiger partial charge in [-0.25, -0.2) is 8.78 Å². The summed E-state index contributed by atoms with van der Waals surface area (Å²) in [5, 5.41) is 9.90. The summed E-state index contributed by atoms with van der Waals surface area (Å²) in [6.07, 6.45) is 1.71. The Hall–Kier alpha value is -1.42. The molecule has 0 saturated carbocycles. The average molecular weight is 226 g/mol. The second kappa shape index (κ2) is 4.61. The lowest BCUT2D eigenvalue weighted by Gasteiger charge is -2.19. The van der Waals surface area contributed by atoms with E-state index in [1.165, 1.54) is 6.26 Å². The van der Waals surface area contributed by atoms with Gasteiger partial charge in [-0.05, 0) is 36.6 Å². The normalized spacial score (nSPS) is 17.6. The van der Waals surface area contributed by atoms with Crippen molar-refractivity contribution in [2.75, 3.05) is 6.61 Å². The van der Waals surface area contributed by atoms with Crippen molar-refractivity contribution in [2.24, 2.45) is 0 Å². The topological polar surface area (TPSA) is 29.5 Å². The third-order valence-electron chi connectivity index (χ3n) is 2.57. The molecule has 1 heterocycles. The van der Waals surface area contributed by atoms with Crippen molar-refractivity contribution < 1.29 is 18.6 Å². The quantitative estimate of drug-likeness (QED) is 0.840. The molecule has 86 valence electrons. The summed E-state index contributed by atoms with van der Waals surface area (Å²) in [6.45, 7) is 0.599. The molecule has 1 aliphatic rings. The van der Waals surface area contributed by atoms with Crippen LogP contribution in [0.15, 0.2) is 30.0 Å². The van der Waals surface area contributed by atoms with Crippen molar-refractivity contribution in [3.05, 3.63) is 47.2 Å². The van der Waals surface area contributed by atoms with Crippen LogP contribution in [0.4, 0.5) is 8.78 Å². The highest BCUT2D eigenvalue weighted by molar-refractivity contribution is 5.28.